The molecule has 12 heteroatoms. The molecular formula is C21H20F5N5O2. The van der Waals surface area contributed by atoms with Crippen LogP contribution in [0.2, 0.25) is 0 Å². The van der Waals surface area contributed by atoms with Gasteiger partial charge in [0, 0.05) is 18.7 Å². The van der Waals surface area contributed by atoms with Crippen LogP contribution in [-0.2, 0) is 17.5 Å². The Kier molecular flexibility index (Phi) is 6.28. The summed E-state index contributed by atoms with van der Waals surface area (Å²) in [6.45, 7) is 1.46. The number of alkyl halides is 5. The highest BCUT2D eigenvalue weighted by atomic mass is 19.4. The van der Waals surface area contributed by atoms with Crippen molar-refractivity contribution in [3.63, 3.8) is 0 Å². The smallest absolute Gasteiger partial charge is 0.381 e. The van der Waals surface area contributed by atoms with Crippen LogP contribution < -0.4 is 5.32 Å². The fourth-order valence-electron chi connectivity index (χ4n) is 3.82. The van der Waals surface area contributed by atoms with Gasteiger partial charge in [-0.1, -0.05) is 0 Å². The highest BCUT2D eigenvalue weighted by Gasteiger charge is 2.35. The summed E-state index contributed by atoms with van der Waals surface area (Å²) < 4.78 is 73.1. The number of aryl methyl sites for hydroxylation is 1. The first kappa shape index (κ1) is 23.0. The average Bonchev–Trinajstić information content (AvgIpc) is 3.40. The predicted octanol–water partition coefficient (Wildman–Crippen LogP) is 3.93. The summed E-state index contributed by atoms with van der Waals surface area (Å²) in [5.74, 6) is -0.887. The molecule has 3 aromatic rings. The summed E-state index contributed by atoms with van der Waals surface area (Å²) in [6, 6.07) is 1.89. The minimum atomic E-state index is -4.65. The summed E-state index contributed by atoms with van der Waals surface area (Å²) in [7, 11) is 0. The number of halogens is 5. The molecular weight excluding hydrogens is 449 g/mol. The van der Waals surface area contributed by atoms with Gasteiger partial charge >= 0.3 is 6.18 Å². The van der Waals surface area contributed by atoms with Crippen LogP contribution in [0, 0.1) is 12.8 Å². The standard InChI is InChI=1S/C21H20F5N5O2/c1-11-7-28-15(8-27-11)20(32)30-18(12-4-5-33-10-12)19-29-14-3-2-13(21(24,25)26)6-16(14)31(19)9-17(22)23/h2-3,6-8,12,17-18H,4-5,9-10H2,1H3,(H,30,32)/t12-,18+/m0/s1. The molecule has 0 bridgehead atoms. The molecule has 1 aliphatic rings. The van der Waals surface area contributed by atoms with Crippen molar-refractivity contribution in [1.29, 1.82) is 0 Å². The molecule has 0 radical (unpaired) electrons. The predicted molar refractivity (Wildman–Crippen MR) is 107 cm³/mol. The van der Waals surface area contributed by atoms with E-state index in [4.69, 9.17) is 4.74 Å². The molecule has 2 aromatic heterocycles. The van der Waals surface area contributed by atoms with E-state index in [1.165, 1.54) is 12.4 Å². The fraction of sp³-hybridized carbons (Fsp3) is 0.429. The third-order valence-electron chi connectivity index (χ3n) is 5.44. The number of nitrogens with zero attached hydrogens (tertiary/aromatic N) is 4. The van der Waals surface area contributed by atoms with E-state index in [0.29, 0.717) is 18.7 Å². The third kappa shape index (κ3) is 4.95. The molecule has 1 N–H and O–H groups in total. The Morgan fingerprint density at radius 3 is 2.67 bits per heavy atom. The Hall–Kier alpha value is -3.15. The number of ether oxygens (including phenoxy) is 1. The number of imidazole rings is 1. The highest BCUT2D eigenvalue weighted by Crippen LogP contribution is 2.35. The van der Waals surface area contributed by atoms with Crippen LogP contribution >= 0.6 is 0 Å². The van der Waals surface area contributed by atoms with Gasteiger partial charge in [-0.15, -0.1) is 0 Å². The second kappa shape index (κ2) is 9.00. The van der Waals surface area contributed by atoms with Gasteiger partial charge in [0.2, 0.25) is 0 Å². The van der Waals surface area contributed by atoms with Gasteiger partial charge in [0.15, 0.2) is 0 Å². The van der Waals surface area contributed by atoms with Gasteiger partial charge < -0.3 is 14.6 Å². The van der Waals surface area contributed by atoms with Crippen molar-refractivity contribution in [3.05, 3.63) is 53.4 Å². The van der Waals surface area contributed by atoms with Crippen molar-refractivity contribution in [2.45, 2.75) is 38.5 Å². The van der Waals surface area contributed by atoms with E-state index in [0.717, 1.165) is 22.8 Å². The first-order chi connectivity index (χ1) is 15.6. The maximum atomic E-state index is 13.4. The first-order valence-corrected chi connectivity index (χ1v) is 10.2. The lowest BCUT2D eigenvalue weighted by atomic mass is 9.98. The van der Waals surface area contributed by atoms with Crippen molar-refractivity contribution < 1.29 is 31.5 Å². The summed E-state index contributed by atoms with van der Waals surface area (Å²) in [4.78, 5) is 25.2. The molecule has 33 heavy (non-hydrogen) atoms. The maximum Gasteiger partial charge on any atom is 0.416 e. The summed E-state index contributed by atoms with van der Waals surface area (Å²) >= 11 is 0. The topological polar surface area (TPSA) is 81.9 Å². The number of hydrogen-bond donors (Lipinski definition) is 1. The van der Waals surface area contributed by atoms with Crippen molar-refractivity contribution in [1.82, 2.24) is 24.8 Å². The molecule has 176 valence electrons. The lowest BCUT2D eigenvalue weighted by molar-refractivity contribution is -0.137. The molecule has 0 spiro atoms. The monoisotopic (exact) mass is 469 g/mol. The van der Waals surface area contributed by atoms with E-state index in [2.05, 4.69) is 20.3 Å². The molecule has 1 aliphatic heterocycles. The number of carbonyl (C=O) groups is 1. The third-order valence-corrected chi connectivity index (χ3v) is 5.44. The number of amides is 1. The first-order valence-electron chi connectivity index (χ1n) is 10.2. The van der Waals surface area contributed by atoms with E-state index in [1.807, 2.05) is 0 Å². The zero-order chi connectivity index (χ0) is 23.8. The quantitative estimate of drug-likeness (QED) is 0.554. The Morgan fingerprint density at radius 1 is 1.27 bits per heavy atom. The number of fused-ring (bicyclic) bond motifs is 1. The molecule has 0 unspecified atom stereocenters. The second-order valence-corrected chi connectivity index (χ2v) is 7.79. The molecule has 3 heterocycles. The van der Waals surface area contributed by atoms with Gasteiger partial charge in [0.25, 0.3) is 12.3 Å². The van der Waals surface area contributed by atoms with Gasteiger partial charge in [0.05, 0.1) is 47.7 Å². The number of nitrogens with one attached hydrogen (secondary N) is 1. The van der Waals surface area contributed by atoms with Crippen LogP contribution in [0.5, 0.6) is 0 Å². The number of hydrogen-bond acceptors (Lipinski definition) is 5. The van der Waals surface area contributed by atoms with Gasteiger partial charge in [-0.25, -0.2) is 18.7 Å². The van der Waals surface area contributed by atoms with Gasteiger partial charge in [-0.2, -0.15) is 13.2 Å². The molecule has 0 saturated carbocycles. The van der Waals surface area contributed by atoms with Crippen LogP contribution in [0.25, 0.3) is 11.0 Å². The summed E-state index contributed by atoms with van der Waals surface area (Å²) in [6.07, 6.45) is -4.30. The molecule has 7 nitrogen and oxygen atoms in total. The molecule has 1 fully saturated rings. The van der Waals surface area contributed by atoms with Crippen molar-refractivity contribution >= 4 is 16.9 Å². The molecule has 0 aliphatic carbocycles. The van der Waals surface area contributed by atoms with Crippen LogP contribution in [0.3, 0.4) is 0 Å². The SMILES string of the molecule is Cc1cnc(C(=O)N[C@@H](c2nc3ccc(C(F)(F)F)cc3n2CC(F)F)[C@H]2CCOC2)cn1. The Morgan fingerprint density at radius 2 is 2.06 bits per heavy atom. The molecule has 4 rings (SSSR count). The lowest BCUT2D eigenvalue weighted by Crippen LogP contribution is -2.36. The number of benzene rings is 1. The average molecular weight is 469 g/mol. The van der Waals surface area contributed by atoms with E-state index in [-0.39, 0.29) is 35.1 Å². The highest BCUT2D eigenvalue weighted by molar-refractivity contribution is 5.92. The minimum absolute atomic E-state index is 0.0143. The normalized spacial score (nSPS) is 17.6. The molecule has 1 amide bonds. The van der Waals surface area contributed by atoms with E-state index in [9.17, 15) is 26.7 Å². The number of aromatic nitrogens is 4. The van der Waals surface area contributed by atoms with E-state index < -0.39 is 36.7 Å². The minimum Gasteiger partial charge on any atom is -0.381 e. The number of carbonyl (C=O) groups excluding carboxylic acids is 1. The van der Waals surface area contributed by atoms with Crippen LogP contribution in [0.15, 0.2) is 30.6 Å². The van der Waals surface area contributed by atoms with Crippen molar-refractivity contribution in [2.24, 2.45) is 5.92 Å². The van der Waals surface area contributed by atoms with Crippen LogP contribution in [0.4, 0.5) is 22.0 Å². The Labute approximate surface area is 185 Å². The Balaban J connectivity index is 1.79. The molecule has 2 atom stereocenters. The lowest BCUT2D eigenvalue weighted by Gasteiger charge is -2.24. The van der Waals surface area contributed by atoms with Crippen molar-refractivity contribution in [2.75, 3.05) is 13.2 Å². The van der Waals surface area contributed by atoms with Gasteiger partial charge in [-0.3, -0.25) is 9.78 Å². The largest absolute Gasteiger partial charge is 0.416 e. The van der Waals surface area contributed by atoms with Crippen LogP contribution in [-0.4, -0.2) is 45.1 Å². The molecule has 1 aromatic carbocycles. The zero-order valence-electron chi connectivity index (χ0n) is 17.4. The zero-order valence-corrected chi connectivity index (χ0v) is 17.4. The van der Waals surface area contributed by atoms with Crippen LogP contribution in [0.1, 0.15) is 40.0 Å². The second-order valence-electron chi connectivity index (χ2n) is 7.79. The summed E-state index contributed by atoms with van der Waals surface area (Å²) in [5.41, 5.74) is -0.330. The van der Waals surface area contributed by atoms with Crippen molar-refractivity contribution in [3.8, 4) is 0 Å². The molecule has 1 saturated heterocycles. The maximum absolute atomic E-state index is 13.4. The Bertz CT molecular complexity index is 1140. The van der Waals surface area contributed by atoms with Gasteiger partial charge in [0.1, 0.15) is 11.5 Å². The summed E-state index contributed by atoms with van der Waals surface area (Å²) in [5, 5.41) is 2.76. The van der Waals surface area contributed by atoms with E-state index in [1.54, 1.807) is 6.92 Å². The number of rotatable bonds is 6. The van der Waals surface area contributed by atoms with E-state index >= 15 is 0 Å². The fourth-order valence-corrected chi connectivity index (χ4v) is 3.82. The van der Waals surface area contributed by atoms with Gasteiger partial charge in [-0.05, 0) is 31.5 Å².